The van der Waals surface area contributed by atoms with E-state index in [1.165, 1.54) is 11.0 Å². The Morgan fingerprint density at radius 3 is 2.36 bits per heavy atom. The Morgan fingerprint density at radius 2 is 1.66 bits per heavy atom. The van der Waals surface area contributed by atoms with Gasteiger partial charge >= 0.3 is 6.03 Å². The molecular formula is C33H34N8O3. The summed E-state index contributed by atoms with van der Waals surface area (Å²) in [5.74, 6) is 0.244. The zero-order valence-electron chi connectivity index (χ0n) is 25.3. The van der Waals surface area contributed by atoms with E-state index in [0.717, 1.165) is 22.4 Å². The number of hydrogen-bond acceptors (Lipinski definition) is 7. The van der Waals surface area contributed by atoms with Gasteiger partial charge in [-0.1, -0.05) is 18.7 Å². The fourth-order valence-corrected chi connectivity index (χ4v) is 4.80. The molecule has 11 nitrogen and oxygen atoms in total. The average molecular weight is 591 g/mol. The van der Waals surface area contributed by atoms with Crippen molar-refractivity contribution in [1.82, 2.24) is 9.97 Å². The maximum atomic E-state index is 13.6. The SMILES string of the molecule is C=CC(=O)Nc1cc(Nc2ncc3c(n2)N(C)C(=O)N(c2cc(NC(=O)c4ccc(N(C)C)cc4)ccc2C)C3)ccc1C. The summed E-state index contributed by atoms with van der Waals surface area (Å²) >= 11 is 0. The molecular weight excluding hydrogens is 556 g/mol. The molecule has 0 unspecified atom stereocenters. The van der Waals surface area contributed by atoms with Gasteiger partial charge in [-0.05, 0) is 79.6 Å². The Morgan fingerprint density at radius 1 is 0.955 bits per heavy atom. The number of anilines is 7. The number of nitrogens with zero attached hydrogens (tertiary/aromatic N) is 5. The average Bonchev–Trinajstić information content (AvgIpc) is 3.01. The van der Waals surface area contributed by atoms with E-state index in [9.17, 15) is 14.4 Å². The number of nitrogens with one attached hydrogen (secondary N) is 3. The number of carbonyl (C=O) groups is 3. The Bertz CT molecular complexity index is 1770. The molecule has 5 rings (SSSR count). The Balaban J connectivity index is 1.35. The highest BCUT2D eigenvalue weighted by atomic mass is 16.2. The van der Waals surface area contributed by atoms with Crippen molar-refractivity contribution in [2.45, 2.75) is 20.4 Å². The first kappa shape index (κ1) is 29.8. The van der Waals surface area contributed by atoms with Gasteiger partial charge in [0.05, 0.1) is 12.2 Å². The minimum absolute atomic E-state index is 0.241. The summed E-state index contributed by atoms with van der Waals surface area (Å²) in [6, 6.07) is 18.1. The van der Waals surface area contributed by atoms with Gasteiger partial charge in [-0.2, -0.15) is 4.98 Å². The molecule has 11 heteroatoms. The predicted molar refractivity (Wildman–Crippen MR) is 175 cm³/mol. The van der Waals surface area contributed by atoms with Gasteiger partial charge in [-0.25, -0.2) is 9.78 Å². The van der Waals surface area contributed by atoms with E-state index in [1.807, 2.05) is 69.2 Å². The highest BCUT2D eigenvalue weighted by Crippen LogP contribution is 2.34. The molecule has 1 aliphatic heterocycles. The zero-order valence-corrected chi connectivity index (χ0v) is 25.3. The Labute approximate surface area is 256 Å². The summed E-state index contributed by atoms with van der Waals surface area (Å²) in [7, 11) is 5.55. The second kappa shape index (κ2) is 12.3. The van der Waals surface area contributed by atoms with E-state index < -0.39 is 0 Å². The van der Waals surface area contributed by atoms with Crippen molar-refractivity contribution in [1.29, 1.82) is 0 Å². The number of fused-ring (bicyclic) bond motifs is 1. The van der Waals surface area contributed by atoms with Crippen LogP contribution in [0.2, 0.25) is 0 Å². The topological polar surface area (TPSA) is 123 Å². The van der Waals surface area contributed by atoms with E-state index in [1.54, 1.807) is 42.4 Å². The molecule has 44 heavy (non-hydrogen) atoms. The molecule has 0 fully saturated rings. The van der Waals surface area contributed by atoms with Crippen LogP contribution >= 0.6 is 0 Å². The lowest BCUT2D eigenvalue weighted by molar-refractivity contribution is -0.111. The number of aromatic nitrogens is 2. The van der Waals surface area contributed by atoms with Crippen LogP contribution in [0, 0.1) is 13.8 Å². The first-order chi connectivity index (χ1) is 21.0. The van der Waals surface area contributed by atoms with Crippen LogP contribution in [0.4, 0.5) is 45.0 Å². The molecule has 0 radical (unpaired) electrons. The fraction of sp³-hybridized carbons (Fsp3) is 0.182. The van der Waals surface area contributed by atoms with Gasteiger partial charge in [0.1, 0.15) is 5.82 Å². The molecule has 0 spiro atoms. The lowest BCUT2D eigenvalue weighted by atomic mass is 10.1. The minimum Gasteiger partial charge on any atom is -0.378 e. The van der Waals surface area contributed by atoms with Crippen LogP contribution in [0.25, 0.3) is 0 Å². The first-order valence-electron chi connectivity index (χ1n) is 14.0. The van der Waals surface area contributed by atoms with Gasteiger partial charge in [0.2, 0.25) is 11.9 Å². The molecule has 0 bridgehead atoms. The summed E-state index contributed by atoms with van der Waals surface area (Å²) in [4.78, 5) is 52.5. The van der Waals surface area contributed by atoms with Gasteiger partial charge in [0, 0.05) is 61.2 Å². The number of hydrogen-bond donors (Lipinski definition) is 3. The van der Waals surface area contributed by atoms with Gasteiger partial charge in [0.25, 0.3) is 5.91 Å². The van der Waals surface area contributed by atoms with E-state index in [0.29, 0.717) is 40.1 Å². The smallest absolute Gasteiger partial charge is 0.330 e. The second-order valence-electron chi connectivity index (χ2n) is 10.7. The van der Waals surface area contributed by atoms with E-state index in [4.69, 9.17) is 0 Å². The van der Waals surface area contributed by atoms with Crippen molar-refractivity contribution in [3.63, 3.8) is 0 Å². The number of rotatable bonds is 8. The molecule has 1 aromatic heterocycles. The van der Waals surface area contributed by atoms with Gasteiger partial charge in [0.15, 0.2) is 0 Å². The van der Waals surface area contributed by atoms with Crippen molar-refractivity contribution < 1.29 is 14.4 Å². The Kier molecular flexibility index (Phi) is 8.30. The van der Waals surface area contributed by atoms with Crippen LogP contribution < -0.4 is 30.7 Å². The normalized spacial score (nSPS) is 12.3. The molecule has 2 heterocycles. The van der Waals surface area contributed by atoms with Crippen molar-refractivity contribution in [2.24, 2.45) is 0 Å². The van der Waals surface area contributed by atoms with Crippen LogP contribution in [-0.4, -0.2) is 49.0 Å². The molecule has 0 saturated heterocycles. The largest absolute Gasteiger partial charge is 0.378 e. The van der Waals surface area contributed by atoms with Gasteiger partial charge in [-0.15, -0.1) is 0 Å². The van der Waals surface area contributed by atoms with Crippen molar-refractivity contribution in [2.75, 3.05) is 51.8 Å². The van der Waals surface area contributed by atoms with Crippen molar-refractivity contribution in [3.05, 3.63) is 102 Å². The summed E-state index contributed by atoms with van der Waals surface area (Å²) in [5, 5.41) is 8.88. The molecule has 3 N–H and O–H groups in total. The van der Waals surface area contributed by atoms with E-state index >= 15 is 0 Å². The summed E-state index contributed by atoms with van der Waals surface area (Å²) in [5.41, 5.74) is 6.61. The quantitative estimate of drug-likeness (QED) is 0.220. The molecule has 4 amide bonds. The molecule has 0 aliphatic carbocycles. The highest BCUT2D eigenvalue weighted by molar-refractivity contribution is 6.07. The summed E-state index contributed by atoms with van der Waals surface area (Å²) in [6.07, 6.45) is 2.90. The number of urea groups is 1. The van der Waals surface area contributed by atoms with E-state index in [-0.39, 0.29) is 24.4 Å². The zero-order chi connectivity index (χ0) is 31.5. The lowest BCUT2D eigenvalue weighted by Crippen LogP contribution is -2.46. The van der Waals surface area contributed by atoms with E-state index in [2.05, 4.69) is 32.5 Å². The van der Waals surface area contributed by atoms with Crippen LogP contribution in [0.1, 0.15) is 27.0 Å². The third kappa shape index (κ3) is 6.21. The summed E-state index contributed by atoms with van der Waals surface area (Å²) in [6.45, 7) is 7.55. The van der Waals surface area contributed by atoms with Gasteiger partial charge < -0.3 is 20.9 Å². The van der Waals surface area contributed by atoms with Gasteiger partial charge in [-0.3, -0.25) is 19.4 Å². The second-order valence-corrected chi connectivity index (χ2v) is 10.7. The summed E-state index contributed by atoms with van der Waals surface area (Å²) < 4.78 is 0. The third-order valence-corrected chi connectivity index (χ3v) is 7.35. The minimum atomic E-state index is -0.307. The molecule has 0 saturated carbocycles. The van der Waals surface area contributed by atoms with Crippen molar-refractivity contribution in [3.8, 4) is 0 Å². The van der Waals surface area contributed by atoms with Crippen LogP contribution in [0.3, 0.4) is 0 Å². The standard InChI is InChI=1S/C33H34N8O3/c1-7-29(42)37-27-16-24(12-8-20(27)2)36-32-34-18-23-19-41(33(44)40(6)30(23)38-32)28-17-25(13-9-21(28)3)35-31(43)22-10-14-26(15-11-22)39(4)5/h7-18H,1,19H2,2-6H3,(H,35,43)(H,37,42)(H,34,36,38). The van der Waals surface area contributed by atoms with Crippen LogP contribution in [0.5, 0.6) is 0 Å². The monoisotopic (exact) mass is 590 g/mol. The fourth-order valence-electron chi connectivity index (χ4n) is 4.80. The molecule has 3 aromatic carbocycles. The molecule has 1 aliphatic rings. The van der Waals surface area contributed by atoms with Crippen LogP contribution in [-0.2, 0) is 11.3 Å². The molecule has 0 atom stereocenters. The first-order valence-corrected chi connectivity index (χ1v) is 14.0. The van der Waals surface area contributed by atoms with Crippen LogP contribution in [0.15, 0.2) is 79.5 Å². The maximum Gasteiger partial charge on any atom is 0.330 e. The maximum absolute atomic E-state index is 13.6. The van der Waals surface area contributed by atoms with Crippen molar-refractivity contribution >= 4 is 58.0 Å². The number of benzene rings is 3. The Hall–Kier alpha value is -5.71. The third-order valence-electron chi connectivity index (χ3n) is 7.35. The lowest BCUT2D eigenvalue weighted by Gasteiger charge is -2.35. The highest BCUT2D eigenvalue weighted by Gasteiger charge is 2.31. The number of carbonyl (C=O) groups excluding carboxylic acids is 3. The number of amides is 4. The number of aryl methyl sites for hydroxylation is 2. The predicted octanol–water partition coefficient (Wildman–Crippen LogP) is 5.86. The molecule has 224 valence electrons. The molecule has 4 aromatic rings.